The van der Waals surface area contributed by atoms with Gasteiger partial charge in [0.05, 0.1) is 6.54 Å². The number of nitrogens with zero attached hydrogens (tertiary/aromatic N) is 1. The van der Waals surface area contributed by atoms with Crippen molar-refractivity contribution in [3.05, 3.63) is 0 Å². The van der Waals surface area contributed by atoms with Crippen LogP contribution in [0.25, 0.3) is 0 Å². The molecule has 20 heavy (non-hydrogen) atoms. The zero-order valence-corrected chi connectivity index (χ0v) is 12.9. The Morgan fingerprint density at radius 2 is 1.45 bits per heavy atom. The molecule has 118 valence electrons. The van der Waals surface area contributed by atoms with E-state index in [0.29, 0.717) is 12.8 Å². The summed E-state index contributed by atoms with van der Waals surface area (Å²) in [6.45, 7) is 4.46. The molecular weight excluding hydrogens is 258 g/mol. The molecule has 0 rings (SSSR count). The summed E-state index contributed by atoms with van der Waals surface area (Å²) in [4.78, 5) is 27.4. The van der Waals surface area contributed by atoms with Crippen LogP contribution in [-0.4, -0.2) is 28.8 Å². The maximum Gasteiger partial charge on any atom is 0.440 e. The summed E-state index contributed by atoms with van der Waals surface area (Å²) in [5.41, 5.74) is 0. The highest BCUT2D eigenvalue weighted by Crippen LogP contribution is 2.08. The van der Waals surface area contributed by atoms with Gasteiger partial charge < -0.3 is 9.94 Å². The molecule has 0 saturated heterocycles. The number of hydroxylamine groups is 2. The van der Waals surface area contributed by atoms with Gasteiger partial charge in [0.15, 0.2) is 0 Å². The van der Waals surface area contributed by atoms with Gasteiger partial charge in [-0.25, -0.2) is 9.59 Å². The molecule has 0 radical (unpaired) electrons. The first kappa shape index (κ1) is 18.7. The highest BCUT2D eigenvalue weighted by atomic mass is 16.7. The van der Waals surface area contributed by atoms with Gasteiger partial charge in [-0.1, -0.05) is 58.8 Å². The lowest BCUT2D eigenvalue weighted by Gasteiger charge is -2.17. The molecule has 0 unspecified atom stereocenters. The van der Waals surface area contributed by atoms with Crippen molar-refractivity contribution in [3.8, 4) is 0 Å². The van der Waals surface area contributed by atoms with E-state index in [2.05, 4.69) is 6.92 Å². The minimum Gasteiger partial charge on any atom is -0.463 e. The van der Waals surface area contributed by atoms with Crippen molar-refractivity contribution in [3.63, 3.8) is 0 Å². The maximum absolute atomic E-state index is 11.6. The first-order chi connectivity index (χ1) is 9.61. The van der Waals surface area contributed by atoms with E-state index in [9.17, 15) is 9.59 Å². The van der Waals surface area contributed by atoms with Crippen LogP contribution in [0.15, 0.2) is 0 Å². The normalized spacial score (nSPS) is 10.3. The van der Waals surface area contributed by atoms with Crippen molar-refractivity contribution < 1.29 is 19.5 Å². The average Bonchev–Trinajstić information content (AvgIpc) is 2.41. The molecular formula is C15H29NO4. The summed E-state index contributed by atoms with van der Waals surface area (Å²) < 4.78 is 0. The SMILES string of the molecule is CCCCCCCCC(=O)ON(CCCCC)C(=O)O. The number of unbranched alkanes of at least 4 members (excludes halogenated alkanes) is 7. The number of carbonyl (C=O) groups excluding carboxylic acids is 1. The Hall–Kier alpha value is -1.26. The van der Waals surface area contributed by atoms with E-state index in [-0.39, 0.29) is 6.54 Å². The molecule has 0 aromatic rings. The van der Waals surface area contributed by atoms with Crippen LogP contribution in [0.5, 0.6) is 0 Å². The number of carboxylic acid groups (broad SMARTS) is 1. The van der Waals surface area contributed by atoms with Crippen LogP contribution in [0.4, 0.5) is 4.79 Å². The second kappa shape index (κ2) is 12.8. The molecule has 0 fully saturated rings. The Morgan fingerprint density at radius 1 is 0.900 bits per heavy atom. The minimum atomic E-state index is -1.20. The van der Waals surface area contributed by atoms with E-state index in [0.717, 1.165) is 37.2 Å². The van der Waals surface area contributed by atoms with Gasteiger partial charge in [0, 0.05) is 6.42 Å². The van der Waals surface area contributed by atoms with Crippen molar-refractivity contribution >= 4 is 12.1 Å². The fourth-order valence-electron chi connectivity index (χ4n) is 1.90. The average molecular weight is 287 g/mol. The molecule has 0 aliphatic carbocycles. The lowest BCUT2D eigenvalue weighted by Crippen LogP contribution is -2.33. The molecule has 5 heteroatoms. The number of hydrogen-bond donors (Lipinski definition) is 1. The van der Waals surface area contributed by atoms with Crippen LogP contribution in [0.3, 0.4) is 0 Å². The number of carbonyl (C=O) groups is 2. The Kier molecular flexibility index (Phi) is 12.0. The van der Waals surface area contributed by atoms with E-state index < -0.39 is 12.1 Å². The van der Waals surface area contributed by atoms with Crippen LogP contribution < -0.4 is 0 Å². The summed E-state index contributed by atoms with van der Waals surface area (Å²) in [5.74, 6) is -0.445. The van der Waals surface area contributed by atoms with Crippen LogP contribution in [0.2, 0.25) is 0 Å². The zero-order chi connectivity index (χ0) is 15.2. The van der Waals surface area contributed by atoms with E-state index in [4.69, 9.17) is 9.94 Å². The van der Waals surface area contributed by atoms with Gasteiger partial charge in [-0.2, -0.15) is 0 Å². The second-order valence-electron chi connectivity index (χ2n) is 5.07. The Labute approximate surface area is 122 Å². The first-order valence-corrected chi connectivity index (χ1v) is 7.83. The summed E-state index contributed by atoms with van der Waals surface area (Å²) in [6.07, 6.45) is 8.27. The fourth-order valence-corrected chi connectivity index (χ4v) is 1.90. The van der Waals surface area contributed by atoms with Crippen molar-refractivity contribution in [1.29, 1.82) is 0 Å². The Morgan fingerprint density at radius 3 is 2.05 bits per heavy atom. The second-order valence-corrected chi connectivity index (χ2v) is 5.07. The third-order valence-corrected chi connectivity index (χ3v) is 3.12. The third-order valence-electron chi connectivity index (χ3n) is 3.12. The topological polar surface area (TPSA) is 66.8 Å². The molecule has 0 aromatic heterocycles. The van der Waals surface area contributed by atoms with Crippen molar-refractivity contribution in [1.82, 2.24) is 5.06 Å². The molecule has 0 aliphatic heterocycles. The van der Waals surface area contributed by atoms with Gasteiger partial charge in [0.1, 0.15) is 0 Å². The monoisotopic (exact) mass is 287 g/mol. The smallest absolute Gasteiger partial charge is 0.440 e. The summed E-state index contributed by atoms with van der Waals surface area (Å²) in [5, 5.41) is 9.70. The van der Waals surface area contributed by atoms with Gasteiger partial charge in [0.2, 0.25) is 0 Å². The Balaban J connectivity index is 3.75. The molecule has 1 amide bonds. The van der Waals surface area contributed by atoms with Crippen molar-refractivity contribution in [2.45, 2.75) is 78.1 Å². The van der Waals surface area contributed by atoms with E-state index in [1.807, 2.05) is 6.92 Å². The molecule has 0 heterocycles. The molecule has 1 N–H and O–H groups in total. The predicted molar refractivity (Wildman–Crippen MR) is 78.3 cm³/mol. The highest BCUT2D eigenvalue weighted by Gasteiger charge is 2.16. The molecule has 5 nitrogen and oxygen atoms in total. The highest BCUT2D eigenvalue weighted by molar-refractivity contribution is 5.72. The summed E-state index contributed by atoms with van der Waals surface area (Å²) in [6, 6.07) is 0. The molecule has 0 bridgehead atoms. The van der Waals surface area contributed by atoms with Crippen LogP contribution in [-0.2, 0) is 9.63 Å². The van der Waals surface area contributed by atoms with E-state index in [1.54, 1.807) is 0 Å². The number of amides is 1. The van der Waals surface area contributed by atoms with Gasteiger partial charge >= 0.3 is 12.1 Å². The van der Waals surface area contributed by atoms with Gasteiger partial charge in [-0.3, -0.25) is 0 Å². The van der Waals surface area contributed by atoms with Gasteiger partial charge in [0.25, 0.3) is 0 Å². The standard InChI is InChI=1S/C15H29NO4/c1-3-5-7-8-9-10-12-14(17)20-16(15(18)19)13-11-6-4-2/h3-13H2,1-2H3,(H,18,19). The molecule has 0 aromatic carbocycles. The van der Waals surface area contributed by atoms with Crippen molar-refractivity contribution in [2.24, 2.45) is 0 Å². The number of hydrogen-bond acceptors (Lipinski definition) is 3. The fraction of sp³-hybridized carbons (Fsp3) is 0.867. The zero-order valence-electron chi connectivity index (χ0n) is 12.9. The molecule has 0 saturated carbocycles. The molecule has 0 atom stereocenters. The van der Waals surface area contributed by atoms with Gasteiger partial charge in [-0.05, 0) is 12.8 Å². The number of rotatable bonds is 11. The summed E-state index contributed by atoms with van der Waals surface area (Å²) >= 11 is 0. The van der Waals surface area contributed by atoms with Gasteiger partial charge in [-0.15, -0.1) is 5.06 Å². The van der Waals surface area contributed by atoms with Crippen molar-refractivity contribution in [2.75, 3.05) is 6.54 Å². The molecule has 0 aliphatic rings. The lowest BCUT2D eigenvalue weighted by atomic mass is 10.1. The molecule has 0 spiro atoms. The minimum absolute atomic E-state index is 0.255. The Bertz CT molecular complexity index is 269. The first-order valence-electron chi connectivity index (χ1n) is 7.83. The van der Waals surface area contributed by atoms with E-state index in [1.165, 1.54) is 19.3 Å². The van der Waals surface area contributed by atoms with Crippen LogP contribution >= 0.6 is 0 Å². The quantitative estimate of drug-likeness (QED) is 0.453. The largest absolute Gasteiger partial charge is 0.463 e. The maximum atomic E-state index is 11.6. The lowest BCUT2D eigenvalue weighted by molar-refractivity contribution is -0.180. The third kappa shape index (κ3) is 10.6. The van der Waals surface area contributed by atoms with Crippen LogP contribution in [0.1, 0.15) is 78.1 Å². The predicted octanol–water partition coefficient (Wildman–Crippen LogP) is 4.37. The van der Waals surface area contributed by atoms with E-state index >= 15 is 0 Å². The summed E-state index contributed by atoms with van der Waals surface area (Å²) in [7, 11) is 0. The van der Waals surface area contributed by atoms with Crippen LogP contribution in [0, 0.1) is 0 Å².